The molecule has 0 aliphatic rings. The van der Waals surface area contributed by atoms with Crippen molar-refractivity contribution in [1.82, 2.24) is 15.0 Å². The smallest absolute Gasteiger partial charge is 0.232 e. The standard InChI is InChI=1S/C13H26N6O/c1-7-8-14-11-15-12(18(3)4)17-13(16-11)19(5)10(2)9-20-6/h10H,7-9H2,1-6H3,(H,14,15,16,17). The summed E-state index contributed by atoms with van der Waals surface area (Å²) in [4.78, 5) is 17.2. The predicted molar refractivity (Wildman–Crippen MR) is 82.7 cm³/mol. The fourth-order valence-corrected chi connectivity index (χ4v) is 1.58. The van der Waals surface area contributed by atoms with Gasteiger partial charge in [0, 0.05) is 34.8 Å². The molecule has 1 aromatic heterocycles. The molecule has 0 fully saturated rings. The first kappa shape index (κ1) is 16.4. The van der Waals surface area contributed by atoms with Gasteiger partial charge in [-0.05, 0) is 13.3 Å². The molecule has 7 nitrogen and oxygen atoms in total. The fourth-order valence-electron chi connectivity index (χ4n) is 1.58. The molecule has 1 heterocycles. The quantitative estimate of drug-likeness (QED) is 0.769. The van der Waals surface area contributed by atoms with Crippen molar-refractivity contribution in [2.75, 3.05) is 56.5 Å². The third-order valence-corrected chi connectivity index (χ3v) is 2.93. The highest BCUT2D eigenvalue weighted by atomic mass is 16.5. The molecule has 0 amide bonds. The van der Waals surface area contributed by atoms with Crippen molar-refractivity contribution in [2.45, 2.75) is 26.3 Å². The van der Waals surface area contributed by atoms with Crippen molar-refractivity contribution in [2.24, 2.45) is 0 Å². The minimum Gasteiger partial charge on any atom is -0.383 e. The van der Waals surface area contributed by atoms with Crippen molar-refractivity contribution in [1.29, 1.82) is 0 Å². The van der Waals surface area contributed by atoms with Gasteiger partial charge in [-0.2, -0.15) is 15.0 Å². The van der Waals surface area contributed by atoms with Gasteiger partial charge in [-0.1, -0.05) is 6.92 Å². The number of ether oxygens (including phenoxy) is 1. The number of likely N-dealkylation sites (N-methyl/N-ethyl adjacent to an activating group) is 1. The van der Waals surface area contributed by atoms with E-state index in [4.69, 9.17) is 4.74 Å². The number of nitrogens with zero attached hydrogens (tertiary/aromatic N) is 5. The Hall–Kier alpha value is -1.63. The molecule has 20 heavy (non-hydrogen) atoms. The van der Waals surface area contributed by atoms with Gasteiger partial charge >= 0.3 is 0 Å². The van der Waals surface area contributed by atoms with Crippen LogP contribution in [0.2, 0.25) is 0 Å². The molecule has 0 radical (unpaired) electrons. The van der Waals surface area contributed by atoms with Crippen LogP contribution in [-0.2, 0) is 4.74 Å². The van der Waals surface area contributed by atoms with Crippen LogP contribution in [-0.4, -0.2) is 62.4 Å². The second-order valence-electron chi connectivity index (χ2n) is 5.00. The third-order valence-electron chi connectivity index (χ3n) is 2.93. The van der Waals surface area contributed by atoms with Crippen LogP contribution in [0.3, 0.4) is 0 Å². The number of anilines is 3. The van der Waals surface area contributed by atoms with E-state index in [0.29, 0.717) is 24.5 Å². The van der Waals surface area contributed by atoms with Gasteiger partial charge in [0.15, 0.2) is 0 Å². The Bertz CT molecular complexity index is 412. The number of hydrogen-bond donors (Lipinski definition) is 1. The minimum absolute atomic E-state index is 0.191. The largest absolute Gasteiger partial charge is 0.383 e. The summed E-state index contributed by atoms with van der Waals surface area (Å²) in [6, 6.07) is 0.191. The summed E-state index contributed by atoms with van der Waals surface area (Å²) in [5, 5.41) is 3.21. The monoisotopic (exact) mass is 282 g/mol. The second kappa shape index (κ2) is 7.84. The molecule has 0 bridgehead atoms. The SMILES string of the molecule is CCCNc1nc(N(C)C)nc(N(C)C(C)COC)n1. The number of aromatic nitrogens is 3. The van der Waals surface area contributed by atoms with Crippen LogP contribution in [0.1, 0.15) is 20.3 Å². The zero-order valence-electron chi connectivity index (χ0n) is 13.3. The molecule has 1 atom stereocenters. The lowest BCUT2D eigenvalue weighted by molar-refractivity contribution is 0.183. The average molecular weight is 282 g/mol. The van der Waals surface area contributed by atoms with Crippen LogP contribution in [0.4, 0.5) is 17.8 Å². The van der Waals surface area contributed by atoms with Crippen LogP contribution in [0.15, 0.2) is 0 Å². The summed E-state index contributed by atoms with van der Waals surface area (Å²) in [5.41, 5.74) is 0. The Morgan fingerprint density at radius 2 is 1.80 bits per heavy atom. The lowest BCUT2D eigenvalue weighted by atomic mass is 10.3. The summed E-state index contributed by atoms with van der Waals surface area (Å²) < 4.78 is 5.18. The molecule has 7 heteroatoms. The van der Waals surface area contributed by atoms with Gasteiger partial charge in [-0.3, -0.25) is 0 Å². The molecule has 0 aromatic carbocycles. The number of methoxy groups -OCH3 is 1. The van der Waals surface area contributed by atoms with Gasteiger partial charge < -0.3 is 19.9 Å². The molecule has 114 valence electrons. The lowest BCUT2D eigenvalue weighted by Gasteiger charge is -2.25. The Labute approximate surface area is 121 Å². The molecule has 0 aliphatic carbocycles. The highest BCUT2D eigenvalue weighted by Crippen LogP contribution is 2.16. The summed E-state index contributed by atoms with van der Waals surface area (Å²) >= 11 is 0. The van der Waals surface area contributed by atoms with Gasteiger partial charge in [0.2, 0.25) is 17.8 Å². The van der Waals surface area contributed by atoms with E-state index in [2.05, 4.69) is 34.1 Å². The van der Waals surface area contributed by atoms with Gasteiger partial charge in [-0.25, -0.2) is 0 Å². The minimum atomic E-state index is 0.191. The molecule has 0 saturated heterocycles. The first-order valence-corrected chi connectivity index (χ1v) is 6.88. The first-order chi connectivity index (χ1) is 9.49. The normalized spacial score (nSPS) is 12.1. The van der Waals surface area contributed by atoms with Crippen LogP contribution < -0.4 is 15.1 Å². The average Bonchev–Trinajstić information content (AvgIpc) is 2.44. The highest BCUT2D eigenvalue weighted by Gasteiger charge is 2.16. The summed E-state index contributed by atoms with van der Waals surface area (Å²) in [7, 11) is 7.49. The molecule has 1 rings (SSSR count). The molecule has 1 unspecified atom stereocenters. The fraction of sp³-hybridized carbons (Fsp3) is 0.769. The molecule has 1 N–H and O–H groups in total. The third kappa shape index (κ3) is 4.48. The molecule has 1 aromatic rings. The van der Waals surface area contributed by atoms with Crippen LogP contribution in [0, 0.1) is 0 Å². The summed E-state index contributed by atoms with van der Waals surface area (Å²) in [6.45, 7) is 5.64. The van der Waals surface area contributed by atoms with E-state index in [1.54, 1.807) is 7.11 Å². The van der Waals surface area contributed by atoms with Crippen molar-refractivity contribution in [3.05, 3.63) is 0 Å². The number of rotatable bonds is 8. The number of nitrogens with one attached hydrogen (secondary N) is 1. The molecule has 0 aliphatic heterocycles. The van der Waals surface area contributed by atoms with Gasteiger partial charge in [0.1, 0.15) is 0 Å². The van der Waals surface area contributed by atoms with Crippen molar-refractivity contribution in [3.8, 4) is 0 Å². The molecule has 0 spiro atoms. The van der Waals surface area contributed by atoms with Gasteiger partial charge in [0.05, 0.1) is 12.6 Å². The van der Waals surface area contributed by atoms with E-state index in [9.17, 15) is 0 Å². The molecular weight excluding hydrogens is 256 g/mol. The Balaban J connectivity index is 3.01. The van der Waals surface area contributed by atoms with Crippen LogP contribution in [0.5, 0.6) is 0 Å². The molecule has 0 saturated carbocycles. The second-order valence-corrected chi connectivity index (χ2v) is 5.00. The lowest BCUT2D eigenvalue weighted by Crippen LogP contribution is -2.34. The van der Waals surface area contributed by atoms with Crippen LogP contribution in [0.25, 0.3) is 0 Å². The van der Waals surface area contributed by atoms with Gasteiger partial charge in [-0.15, -0.1) is 0 Å². The van der Waals surface area contributed by atoms with Crippen molar-refractivity contribution in [3.63, 3.8) is 0 Å². The summed E-state index contributed by atoms with van der Waals surface area (Å²) in [5.74, 6) is 1.90. The summed E-state index contributed by atoms with van der Waals surface area (Å²) in [6.07, 6.45) is 1.02. The highest BCUT2D eigenvalue weighted by molar-refractivity contribution is 5.44. The van der Waals surface area contributed by atoms with E-state index >= 15 is 0 Å². The molecular formula is C13H26N6O. The first-order valence-electron chi connectivity index (χ1n) is 6.88. The van der Waals surface area contributed by atoms with Crippen molar-refractivity contribution >= 4 is 17.8 Å². The topological polar surface area (TPSA) is 66.4 Å². The van der Waals surface area contributed by atoms with E-state index < -0.39 is 0 Å². The predicted octanol–water partition coefficient (Wildman–Crippen LogP) is 1.23. The Morgan fingerprint density at radius 1 is 1.15 bits per heavy atom. The zero-order chi connectivity index (χ0) is 15.1. The van der Waals surface area contributed by atoms with E-state index in [1.807, 2.05) is 30.9 Å². The van der Waals surface area contributed by atoms with E-state index in [1.165, 1.54) is 0 Å². The van der Waals surface area contributed by atoms with Crippen LogP contribution >= 0.6 is 0 Å². The maximum Gasteiger partial charge on any atom is 0.232 e. The Kier molecular flexibility index (Phi) is 6.44. The van der Waals surface area contributed by atoms with Crippen molar-refractivity contribution < 1.29 is 4.74 Å². The Morgan fingerprint density at radius 3 is 2.35 bits per heavy atom. The van der Waals surface area contributed by atoms with E-state index in [0.717, 1.165) is 13.0 Å². The number of hydrogen-bond acceptors (Lipinski definition) is 7. The zero-order valence-corrected chi connectivity index (χ0v) is 13.3. The maximum atomic E-state index is 5.18. The maximum absolute atomic E-state index is 5.18. The van der Waals surface area contributed by atoms with E-state index in [-0.39, 0.29) is 6.04 Å². The van der Waals surface area contributed by atoms with Gasteiger partial charge in [0.25, 0.3) is 0 Å².